The maximum atomic E-state index is 3.68. The standard InChI is InChI=1S/C17H21NS/c1-12(2)16-7-3-5-14-9-13(11-18-17(14)16)10-15-6-4-8-19-15/h3-8,12-13,18H,9-11H2,1-2H3. The molecular formula is C17H21NS. The van der Waals surface area contributed by atoms with E-state index in [2.05, 4.69) is 54.9 Å². The van der Waals surface area contributed by atoms with Crippen LogP contribution < -0.4 is 5.32 Å². The van der Waals surface area contributed by atoms with Crippen molar-refractivity contribution in [2.45, 2.75) is 32.6 Å². The van der Waals surface area contributed by atoms with E-state index in [1.54, 1.807) is 0 Å². The van der Waals surface area contributed by atoms with E-state index in [1.165, 1.54) is 34.5 Å². The van der Waals surface area contributed by atoms with E-state index >= 15 is 0 Å². The Balaban J connectivity index is 1.79. The number of hydrogen-bond acceptors (Lipinski definition) is 2. The molecule has 1 aromatic heterocycles. The summed E-state index contributed by atoms with van der Waals surface area (Å²) in [5.74, 6) is 1.32. The first kappa shape index (κ1) is 12.7. The van der Waals surface area contributed by atoms with E-state index in [0.29, 0.717) is 5.92 Å². The van der Waals surface area contributed by atoms with Crippen LogP contribution in [0.4, 0.5) is 5.69 Å². The van der Waals surface area contributed by atoms with Crippen LogP contribution in [-0.2, 0) is 12.8 Å². The lowest BCUT2D eigenvalue weighted by Gasteiger charge is -2.28. The molecule has 1 atom stereocenters. The van der Waals surface area contributed by atoms with Crippen LogP contribution in [0.3, 0.4) is 0 Å². The molecule has 19 heavy (non-hydrogen) atoms. The second-order valence-electron chi connectivity index (χ2n) is 5.77. The number of anilines is 1. The zero-order valence-corrected chi connectivity index (χ0v) is 12.5. The van der Waals surface area contributed by atoms with Crippen LogP contribution >= 0.6 is 11.3 Å². The summed E-state index contributed by atoms with van der Waals surface area (Å²) in [7, 11) is 0. The number of hydrogen-bond donors (Lipinski definition) is 1. The quantitative estimate of drug-likeness (QED) is 0.853. The number of rotatable bonds is 3. The normalized spacial score (nSPS) is 18.2. The summed E-state index contributed by atoms with van der Waals surface area (Å²) >= 11 is 1.88. The Hall–Kier alpha value is -1.28. The first-order valence-electron chi connectivity index (χ1n) is 7.12. The Morgan fingerprint density at radius 2 is 2.16 bits per heavy atom. The summed E-state index contributed by atoms with van der Waals surface area (Å²) in [4.78, 5) is 1.51. The van der Waals surface area contributed by atoms with Crippen LogP contribution in [0.5, 0.6) is 0 Å². The minimum Gasteiger partial charge on any atom is -0.384 e. The summed E-state index contributed by atoms with van der Waals surface area (Å²) in [6, 6.07) is 11.2. The lowest BCUT2D eigenvalue weighted by molar-refractivity contribution is 0.538. The second kappa shape index (κ2) is 5.38. The zero-order valence-electron chi connectivity index (χ0n) is 11.6. The van der Waals surface area contributed by atoms with Gasteiger partial charge in [-0.3, -0.25) is 0 Å². The SMILES string of the molecule is CC(C)c1cccc2c1NCC(Cc1cccs1)C2. The van der Waals surface area contributed by atoms with E-state index in [9.17, 15) is 0 Å². The molecule has 0 bridgehead atoms. The van der Waals surface area contributed by atoms with Crippen molar-refractivity contribution in [3.05, 3.63) is 51.7 Å². The van der Waals surface area contributed by atoms with Crippen LogP contribution in [-0.4, -0.2) is 6.54 Å². The predicted octanol–water partition coefficient (Wildman–Crippen LogP) is 4.70. The highest BCUT2D eigenvalue weighted by Crippen LogP contribution is 2.33. The van der Waals surface area contributed by atoms with Gasteiger partial charge in [0.05, 0.1) is 0 Å². The van der Waals surface area contributed by atoms with Gasteiger partial charge < -0.3 is 5.32 Å². The van der Waals surface area contributed by atoms with Crippen molar-refractivity contribution in [3.63, 3.8) is 0 Å². The van der Waals surface area contributed by atoms with Gasteiger partial charge in [-0.2, -0.15) is 0 Å². The Kier molecular flexibility index (Phi) is 3.61. The Morgan fingerprint density at radius 1 is 1.26 bits per heavy atom. The van der Waals surface area contributed by atoms with Gasteiger partial charge in [0, 0.05) is 17.1 Å². The molecule has 100 valence electrons. The minimum atomic E-state index is 0.594. The van der Waals surface area contributed by atoms with Crippen LogP contribution in [0.25, 0.3) is 0 Å². The highest BCUT2D eigenvalue weighted by molar-refractivity contribution is 7.09. The van der Waals surface area contributed by atoms with Gasteiger partial charge in [-0.25, -0.2) is 0 Å². The minimum absolute atomic E-state index is 0.594. The van der Waals surface area contributed by atoms with Crippen molar-refractivity contribution in [1.82, 2.24) is 0 Å². The Morgan fingerprint density at radius 3 is 2.89 bits per heavy atom. The maximum Gasteiger partial charge on any atom is 0.0408 e. The molecule has 1 nitrogen and oxygen atoms in total. The fraction of sp³-hybridized carbons (Fsp3) is 0.412. The molecule has 1 aliphatic heterocycles. The summed E-state index contributed by atoms with van der Waals surface area (Å²) < 4.78 is 0. The Labute approximate surface area is 119 Å². The van der Waals surface area contributed by atoms with Crippen LogP contribution in [0, 0.1) is 5.92 Å². The largest absolute Gasteiger partial charge is 0.384 e. The molecule has 1 aliphatic rings. The third-order valence-electron chi connectivity index (χ3n) is 3.95. The van der Waals surface area contributed by atoms with E-state index in [1.807, 2.05) is 11.3 Å². The monoisotopic (exact) mass is 271 g/mol. The molecule has 2 heteroatoms. The summed E-state index contributed by atoms with van der Waals surface area (Å²) in [5.41, 5.74) is 4.37. The molecule has 1 N–H and O–H groups in total. The fourth-order valence-corrected chi connectivity index (χ4v) is 3.79. The van der Waals surface area contributed by atoms with Crippen molar-refractivity contribution in [2.75, 3.05) is 11.9 Å². The number of thiophene rings is 1. The summed E-state index contributed by atoms with van der Waals surface area (Å²) in [6.45, 7) is 5.65. The maximum absolute atomic E-state index is 3.68. The van der Waals surface area contributed by atoms with E-state index in [4.69, 9.17) is 0 Å². The molecule has 0 aliphatic carbocycles. The number of benzene rings is 1. The van der Waals surface area contributed by atoms with Gasteiger partial charge in [0.15, 0.2) is 0 Å². The van der Waals surface area contributed by atoms with Gasteiger partial charge >= 0.3 is 0 Å². The Bertz CT molecular complexity index is 542. The zero-order chi connectivity index (χ0) is 13.2. The first-order chi connectivity index (χ1) is 9.24. The lowest BCUT2D eigenvalue weighted by Crippen LogP contribution is -2.25. The smallest absolute Gasteiger partial charge is 0.0408 e. The van der Waals surface area contributed by atoms with Gasteiger partial charge in [0.2, 0.25) is 0 Å². The van der Waals surface area contributed by atoms with Crippen molar-refractivity contribution < 1.29 is 0 Å². The fourth-order valence-electron chi connectivity index (χ4n) is 2.97. The molecule has 0 amide bonds. The lowest BCUT2D eigenvalue weighted by atomic mass is 9.87. The number of fused-ring (bicyclic) bond motifs is 1. The first-order valence-corrected chi connectivity index (χ1v) is 8.00. The van der Waals surface area contributed by atoms with Crippen molar-refractivity contribution >= 4 is 17.0 Å². The van der Waals surface area contributed by atoms with Gasteiger partial charge in [-0.15, -0.1) is 11.3 Å². The average Bonchev–Trinajstić information content (AvgIpc) is 2.90. The van der Waals surface area contributed by atoms with Crippen LogP contribution in [0.2, 0.25) is 0 Å². The second-order valence-corrected chi connectivity index (χ2v) is 6.80. The van der Waals surface area contributed by atoms with Gasteiger partial charge in [-0.05, 0) is 47.3 Å². The molecular weight excluding hydrogens is 250 g/mol. The molecule has 0 radical (unpaired) electrons. The van der Waals surface area contributed by atoms with Crippen LogP contribution in [0.1, 0.15) is 35.8 Å². The third-order valence-corrected chi connectivity index (χ3v) is 4.85. The van der Waals surface area contributed by atoms with Gasteiger partial charge in [0.25, 0.3) is 0 Å². The highest BCUT2D eigenvalue weighted by Gasteiger charge is 2.21. The molecule has 0 saturated carbocycles. The topological polar surface area (TPSA) is 12.0 Å². The molecule has 0 spiro atoms. The van der Waals surface area contributed by atoms with Gasteiger partial charge in [0.1, 0.15) is 0 Å². The van der Waals surface area contributed by atoms with Crippen LogP contribution in [0.15, 0.2) is 35.7 Å². The van der Waals surface area contributed by atoms with Crippen molar-refractivity contribution in [2.24, 2.45) is 5.92 Å². The molecule has 0 fully saturated rings. The molecule has 0 saturated heterocycles. The van der Waals surface area contributed by atoms with E-state index in [0.717, 1.165) is 12.5 Å². The van der Waals surface area contributed by atoms with E-state index in [-0.39, 0.29) is 0 Å². The third kappa shape index (κ3) is 2.69. The summed E-state index contributed by atoms with van der Waals surface area (Å²) in [6.07, 6.45) is 2.41. The predicted molar refractivity (Wildman–Crippen MR) is 84.2 cm³/mol. The summed E-state index contributed by atoms with van der Waals surface area (Å²) in [5, 5.41) is 5.86. The molecule has 2 heterocycles. The van der Waals surface area contributed by atoms with E-state index < -0.39 is 0 Å². The number of nitrogens with one attached hydrogen (secondary N) is 1. The highest BCUT2D eigenvalue weighted by atomic mass is 32.1. The van der Waals surface area contributed by atoms with Gasteiger partial charge in [-0.1, -0.05) is 38.1 Å². The molecule has 3 rings (SSSR count). The molecule has 2 aromatic rings. The average molecular weight is 271 g/mol. The number of para-hydroxylation sites is 1. The van der Waals surface area contributed by atoms with Crippen molar-refractivity contribution in [3.8, 4) is 0 Å². The molecule has 1 unspecified atom stereocenters. The molecule has 1 aromatic carbocycles. The van der Waals surface area contributed by atoms with Crippen molar-refractivity contribution in [1.29, 1.82) is 0 Å².